The lowest BCUT2D eigenvalue weighted by molar-refractivity contribution is 0.124. The van der Waals surface area contributed by atoms with E-state index in [0.29, 0.717) is 12.5 Å². The van der Waals surface area contributed by atoms with Gasteiger partial charge in [0.05, 0.1) is 6.54 Å². The third-order valence-corrected chi connectivity index (χ3v) is 4.73. The van der Waals surface area contributed by atoms with Crippen LogP contribution in [0.15, 0.2) is 43.0 Å². The summed E-state index contributed by atoms with van der Waals surface area (Å²) in [5.41, 5.74) is 7.23. The first-order valence-corrected chi connectivity index (χ1v) is 8.83. The fourth-order valence-electron chi connectivity index (χ4n) is 3.26. The van der Waals surface area contributed by atoms with Gasteiger partial charge in [-0.05, 0) is 24.3 Å². The maximum Gasteiger partial charge on any atom is 0.429 e. The Bertz CT molecular complexity index is 641. The van der Waals surface area contributed by atoms with Crippen molar-refractivity contribution in [1.82, 2.24) is 14.9 Å². The minimum Gasteiger partial charge on any atom is -0.447 e. The molecular formula is C18H25N5O2. The van der Waals surface area contributed by atoms with Crippen molar-refractivity contribution in [3.63, 3.8) is 0 Å². The van der Waals surface area contributed by atoms with Crippen LogP contribution in [0, 0.1) is 5.92 Å². The second kappa shape index (κ2) is 8.62. The number of carbonyl (C=O) groups is 1. The Hall–Kier alpha value is -2.41. The Morgan fingerprint density at radius 3 is 2.56 bits per heavy atom. The molecule has 0 unspecified atom stereocenters. The maximum absolute atomic E-state index is 12.6. The molecule has 1 atom stereocenters. The molecule has 1 aromatic heterocycles. The van der Waals surface area contributed by atoms with Gasteiger partial charge in [0.25, 0.3) is 0 Å². The fourth-order valence-corrected chi connectivity index (χ4v) is 3.26. The van der Waals surface area contributed by atoms with Crippen LogP contribution in [0.25, 0.3) is 0 Å². The van der Waals surface area contributed by atoms with E-state index in [2.05, 4.69) is 10.2 Å². The van der Waals surface area contributed by atoms with Gasteiger partial charge in [0.2, 0.25) is 0 Å². The first-order valence-electron chi connectivity index (χ1n) is 8.83. The quantitative estimate of drug-likeness (QED) is 0.871. The van der Waals surface area contributed by atoms with Crippen LogP contribution in [-0.2, 0) is 11.3 Å². The number of carbonyl (C=O) groups excluding carboxylic acids is 1. The van der Waals surface area contributed by atoms with Gasteiger partial charge in [-0.3, -0.25) is 0 Å². The molecular weight excluding hydrogens is 318 g/mol. The summed E-state index contributed by atoms with van der Waals surface area (Å²) in [4.78, 5) is 12.6. The Kier molecular flexibility index (Phi) is 6.00. The average Bonchev–Trinajstić information content (AvgIpc) is 3.20. The van der Waals surface area contributed by atoms with E-state index in [0.717, 1.165) is 18.4 Å². The monoisotopic (exact) mass is 343 g/mol. The molecule has 1 saturated carbocycles. The molecule has 1 aromatic carbocycles. The molecule has 3 rings (SSSR count). The van der Waals surface area contributed by atoms with Gasteiger partial charge in [-0.25, -0.2) is 14.5 Å². The van der Waals surface area contributed by atoms with Crippen LogP contribution < -0.4 is 10.7 Å². The van der Waals surface area contributed by atoms with Gasteiger partial charge in [-0.2, -0.15) is 0 Å². The van der Waals surface area contributed by atoms with Crippen molar-refractivity contribution < 1.29 is 9.53 Å². The predicted molar refractivity (Wildman–Crippen MR) is 94.3 cm³/mol. The summed E-state index contributed by atoms with van der Waals surface area (Å²) in [5.74, 6) is 0.444. The van der Waals surface area contributed by atoms with Gasteiger partial charge in [0.1, 0.15) is 19.3 Å². The average molecular weight is 343 g/mol. The SMILES string of the molecule is N[C@H](COC(=O)N(Cc1ccccc1)n1cnnc1)C1CCCCC1. The molecule has 1 amide bonds. The van der Waals surface area contributed by atoms with Crippen molar-refractivity contribution in [3.8, 4) is 0 Å². The smallest absolute Gasteiger partial charge is 0.429 e. The Balaban J connectivity index is 1.61. The van der Waals surface area contributed by atoms with Gasteiger partial charge < -0.3 is 10.5 Å². The Labute approximate surface area is 147 Å². The maximum atomic E-state index is 12.6. The van der Waals surface area contributed by atoms with Gasteiger partial charge in [0, 0.05) is 6.04 Å². The van der Waals surface area contributed by atoms with Crippen molar-refractivity contribution in [2.24, 2.45) is 11.7 Å². The summed E-state index contributed by atoms with van der Waals surface area (Å²) in [6.45, 7) is 0.604. The molecule has 7 nitrogen and oxygen atoms in total. The van der Waals surface area contributed by atoms with Crippen molar-refractivity contribution in [2.45, 2.75) is 44.7 Å². The summed E-state index contributed by atoms with van der Waals surface area (Å²) < 4.78 is 7.03. The zero-order valence-corrected chi connectivity index (χ0v) is 14.3. The van der Waals surface area contributed by atoms with E-state index >= 15 is 0 Å². The topological polar surface area (TPSA) is 86.3 Å². The zero-order chi connectivity index (χ0) is 17.5. The summed E-state index contributed by atoms with van der Waals surface area (Å²) in [6.07, 6.45) is 8.46. The van der Waals surface area contributed by atoms with Gasteiger partial charge in [-0.15, -0.1) is 10.2 Å². The summed E-state index contributed by atoms with van der Waals surface area (Å²) >= 11 is 0. The van der Waals surface area contributed by atoms with Crippen molar-refractivity contribution in [3.05, 3.63) is 48.5 Å². The molecule has 1 aliphatic carbocycles. The summed E-state index contributed by atoms with van der Waals surface area (Å²) in [7, 11) is 0. The van der Waals surface area contributed by atoms with Crippen LogP contribution >= 0.6 is 0 Å². The largest absolute Gasteiger partial charge is 0.447 e. The van der Waals surface area contributed by atoms with Crippen LogP contribution in [0.4, 0.5) is 4.79 Å². The number of benzene rings is 1. The molecule has 0 saturated heterocycles. The number of hydrogen-bond donors (Lipinski definition) is 1. The summed E-state index contributed by atoms with van der Waals surface area (Å²) in [6, 6.07) is 9.61. The van der Waals surface area contributed by atoms with E-state index in [4.69, 9.17) is 10.5 Å². The van der Waals surface area contributed by atoms with Crippen LogP contribution in [-0.4, -0.2) is 33.6 Å². The molecule has 0 radical (unpaired) electrons. The number of ether oxygens (including phenoxy) is 1. The van der Waals surface area contributed by atoms with Crippen LogP contribution in [0.5, 0.6) is 0 Å². The van der Waals surface area contributed by atoms with Gasteiger partial charge in [0.15, 0.2) is 0 Å². The molecule has 1 heterocycles. The lowest BCUT2D eigenvalue weighted by Gasteiger charge is -2.28. The number of rotatable bonds is 6. The summed E-state index contributed by atoms with van der Waals surface area (Å²) in [5, 5.41) is 9.01. The van der Waals surface area contributed by atoms with Crippen LogP contribution in [0.2, 0.25) is 0 Å². The first-order chi connectivity index (χ1) is 12.2. The van der Waals surface area contributed by atoms with E-state index in [1.807, 2.05) is 30.3 Å². The number of amides is 1. The molecule has 7 heteroatoms. The van der Waals surface area contributed by atoms with Crippen molar-refractivity contribution >= 4 is 6.09 Å². The fraction of sp³-hybridized carbons (Fsp3) is 0.500. The molecule has 2 aromatic rings. The molecule has 0 spiro atoms. The van der Waals surface area contributed by atoms with E-state index in [1.54, 1.807) is 0 Å². The number of nitrogens with two attached hydrogens (primary N) is 1. The van der Waals surface area contributed by atoms with E-state index in [-0.39, 0.29) is 12.6 Å². The minimum absolute atomic E-state index is 0.108. The molecule has 1 fully saturated rings. The highest BCUT2D eigenvalue weighted by Crippen LogP contribution is 2.25. The van der Waals surface area contributed by atoms with E-state index < -0.39 is 6.09 Å². The third kappa shape index (κ3) is 4.79. The number of nitrogens with zero attached hydrogens (tertiary/aromatic N) is 4. The molecule has 25 heavy (non-hydrogen) atoms. The number of hydrogen-bond acceptors (Lipinski definition) is 5. The minimum atomic E-state index is -0.449. The normalized spacial score (nSPS) is 16.4. The number of aromatic nitrogens is 3. The van der Waals surface area contributed by atoms with Crippen molar-refractivity contribution in [2.75, 3.05) is 11.6 Å². The van der Waals surface area contributed by atoms with Crippen LogP contribution in [0.1, 0.15) is 37.7 Å². The second-order valence-electron chi connectivity index (χ2n) is 6.52. The second-order valence-corrected chi connectivity index (χ2v) is 6.52. The van der Waals surface area contributed by atoms with Gasteiger partial charge in [-0.1, -0.05) is 49.6 Å². The highest BCUT2D eigenvalue weighted by atomic mass is 16.6. The lowest BCUT2D eigenvalue weighted by atomic mass is 9.84. The van der Waals surface area contributed by atoms with E-state index in [9.17, 15) is 4.79 Å². The molecule has 0 bridgehead atoms. The first kappa shape index (κ1) is 17.4. The van der Waals surface area contributed by atoms with E-state index in [1.165, 1.54) is 41.6 Å². The molecule has 134 valence electrons. The van der Waals surface area contributed by atoms with Gasteiger partial charge >= 0.3 is 6.09 Å². The highest BCUT2D eigenvalue weighted by Gasteiger charge is 2.24. The predicted octanol–water partition coefficient (Wildman–Crippen LogP) is 2.46. The Morgan fingerprint density at radius 1 is 1.20 bits per heavy atom. The lowest BCUT2D eigenvalue weighted by Crippen LogP contribution is -2.43. The molecule has 1 aliphatic rings. The molecule has 0 aliphatic heterocycles. The standard InChI is InChI=1S/C18H25N5O2/c19-17(16-9-5-2-6-10-16)12-25-18(24)23(22-13-20-21-14-22)11-15-7-3-1-4-8-15/h1,3-4,7-8,13-14,16-17H,2,5-6,9-12,19H2/t17-/m1/s1. The zero-order valence-electron chi connectivity index (χ0n) is 14.3. The Morgan fingerprint density at radius 2 is 1.88 bits per heavy atom. The highest BCUT2D eigenvalue weighted by molar-refractivity contribution is 5.78. The molecule has 2 N–H and O–H groups in total. The third-order valence-electron chi connectivity index (χ3n) is 4.73. The van der Waals surface area contributed by atoms with Crippen molar-refractivity contribution in [1.29, 1.82) is 0 Å². The van der Waals surface area contributed by atoms with Crippen LogP contribution in [0.3, 0.4) is 0 Å².